The van der Waals surface area contributed by atoms with Crippen LogP contribution < -0.4 is 26.6 Å². The maximum absolute atomic E-state index is 12.5. The molecule has 3 rings (SSSR count). The number of hydrogen-bond donors (Lipinski definition) is 8. The Bertz CT molecular complexity index is 1890. The third kappa shape index (κ3) is 23.1. The molecule has 0 aliphatic heterocycles. The van der Waals surface area contributed by atoms with Gasteiger partial charge in [0.15, 0.2) is 5.13 Å². The number of anilines is 2. The van der Waals surface area contributed by atoms with E-state index >= 15 is 0 Å². The molecule has 0 fully saturated rings. The zero-order valence-corrected chi connectivity index (χ0v) is 36.3. The molecule has 2 heterocycles. The molecule has 1 aromatic carbocycles. The smallest absolute Gasteiger partial charge is 0.326 e. The van der Waals surface area contributed by atoms with Gasteiger partial charge in [0.2, 0.25) is 17.7 Å². The van der Waals surface area contributed by atoms with Gasteiger partial charge in [-0.2, -0.15) is 0 Å². The quantitative estimate of drug-likeness (QED) is 0.0381. The highest BCUT2D eigenvalue weighted by Crippen LogP contribution is 2.27. The molecule has 3 aromatic rings. The zero-order valence-electron chi connectivity index (χ0n) is 35.5. The van der Waals surface area contributed by atoms with Gasteiger partial charge in [-0.3, -0.25) is 33.7 Å². The number of ether oxygens (including phenoxy) is 4. The summed E-state index contributed by atoms with van der Waals surface area (Å²) in [5.74, 6) is -4.96. The lowest BCUT2D eigenvalue weighted by Crippen LogP contribution is -2.48. The third-order valence-electron chi connectivity index (χ3n) is 8.85. The molecular weight excluding hydrogens is 866 g/mol. The number of thiazole rings is 1. The van der Waals surface area contributed by atoms with Crippen molar-refractivity contribution in [3.8, 4) is 11.3 Å². The van der Waals surface area contributed by atoms with Gasteiger partial charge in [0.1, 0.15) is 18.6 Å². The van der Waals surface area contributed by atoms with Crippen molar-refractivity contribution < 1.29 is 67.4 Å². The van der Waals surface area contributed by atoms with Gasteiger partial charge in [0, 0.05) is 42.3 Å². The number of benzene rings is 1. The molecule has 8 N–H and O–H groups in total. The number of alkyl halides is 1. The van der Waals surface area contributed by atoms with Gasteiger partial charge in [0.05, 0.1) is 83.9 Å². The minimum Gasteiger partial charge on any atom is -0.481 e. The summed E-state index contributed by atoms with van der Waals surface area (Å²) in [5, 5.41) is 51.4. The van der Waals surface area contributed by atoms with Crippen LogP contribution in [0.15, 0.2) is 35.8 Å². The number of nitrogens with one attached hydrogen (secondary N) is 5. The van der Waals surface area contributed by atoms with E-state index in [0.717, 1.165) is 5.56 Å². The Morgan fingerprint density at radius 1 is 0.781 bits per heavy atom. The number of aliphatic carboxylic acids is 3. The van der Waals surface area contributed by atoms with Crippen molar-refractivity contribution in [1.29, 1.82) is 0 Å². The van der Waals surface area contributed by atoms with Gasteiger partial charge >= 0.3 is 17.9 Å². The van der Waals surface area contributed by atoms with Crippen molar-refractivity contribution in [2.45, 2.75) is 70.0 Å². The molecule has 0 unspecified atom stereocenters. The molecule has 0 radical (unpaired) electrons. The summed E-state index contributed by atoms with van der Waals surface area (Å²) >= 11 is 1.39. The SMILES string of the molecule is O=C(O)CC[C@H](NC(=O)CN[C@@H](CCCCNc1nc(-c2cccc(NC(=O)CCOCCOCCOCCOCCNC(=O)Cn3cc(CCCF)nn3)c2)cs1)C(=O)O)C(=O)O. The number of unbranched alkanes of at least 4 members (excludes halogenated alkanes) is 1. The highest BCUT2D eigenvalue weighted by Gasteiger charge is 2.23. The van der Waals surface area contributed by atoms with E-state index in [9.17, 15) is 43.4 Å². The second kappa shape index (κ2) is 31.2. The number of carbonyl (C=O) groups is 6. The van der Waals surface area contributed by atoms with Crippen molar-refractivity contribution in [3.63, 3.8) is 0 Å². The monoisotopic (exact) mass is 923 g/mol. The molecule has 3 amide bonds. The number of halogens is 1. The molecule has 0 aliphatic carbocycles. The topological polar surface area (TPSA) is 304 Å². The average molecular weight is 924 g/mol. The first-order valence-electron chi connectivity index (χ1n) is 20.8. The van der Waals surface area contributed by atoms with Crippen molar-refractivity contribution in [1.82, 2.24) is 35.9 Å². The van der Waals surface area contributed by atoms with Crippen LogP contribution in [0.25, 0.3) is 11.3 Å². The van der Waals surface area contributed by atoms with E-state index in [-0.39, 0.29) is 44.2 Å². The first-order chi connectivity index (χ1) is 30.9. The van der Waals surface area contributed by atoms with Crippen LogP contribution in [0.3, 0.4) is 0 Å². The van der Waals surface area contributed by atoms with Crippen LogP contribution in [-0.4, -0.2) is 162 Å². The van der Waals surface area contributed by atoms with Gasteiger partial charge in [-0.1, -0.05) is 17.3 Å². The van der Waals surface area contributed by atoms with Crippen molar-refractivity contribution >= 4 is 57.8 Å². The molecule has 2 atom stereocenters. The second-order valence-electron chi connectivity index (χ2n) is 14.0. The number of hydrogen-bond acceptors (Lipinski definition) is 16. The highest BCUT2D eigenvalue weighted by atomic mass is 32.1. The van der Waals surface area contributed by atoms with Crippen LogP contribution in [-0.2, 0) is 60.7 Å². The lowest BCUT2D eigenvalue weighted by Gasteiger charge is -2.17. The summed E-state index contributed by atoms with van der Waals surface area (Å²) in [4.78, 5) is 75.0. The number of rotatable bonds is 37. The summed E-state index contributed by atoms with van der Waals surface area (Å²) in [7, 11) is 0. The fraction of sp³-hybridized carbons (Fsp3) is 0.575. The largest absolute Gasteiger partial charge is 0.481 e. The van der Waals surface area contributed by atoms with Crippen LogP contribution >= 0.6 is 11.3 Å². The fourth-order valence-corrected chi connectivity index (χ4v) is 6.35. The number of aryl methyl sites for hydroxylation is 1. The molecular formula is C40H58FN9O13S. The Morgan fingerprint density at radius 2 is 1.48 bits per heavy atom. The lowest BCUT2D eigenvalue weighted by molar-refractivity contribution is -0.143. The molecule has 24 heteroatoms. The standard InChI is InChI=1S/C40H58FN9O13S/c41-12-4-7-30-25-50(49-48-30)26-36(53)42-14-16-61-18-20-63-22-21-62-19-17-60-15-11-34(51)45-29-6-3-5-28(23-29)33-27-64-40(47-33)43-13-2-1-8-31(38(56)57)44-24-35(52)46-32(39(58)59)9-10-37(54)55/h3,5-6,23,25,27,31-32,44H,1-2,4,7-22,24,26H2,(H,42,53)(H,43,47)(H,45,51)(H,46,52)(H,54,55)(H,56,57)(H,58,59)/t31-,32-/m0/s1. The molecule has 22 nitrogen and oxygen atoms in total. The van der Waals surface area contributed by atoms with E-state index in [2.05, 4.69) is 41.9 Å². The number of carboxylic acids is 3. The van der Waals surface area contributed by atoms with Crippen LogP contribution in [0.2, 0.25) is 0 Å². The molecule has 0 aliphatic rings. The Kier molecular flexibility index (Phi) is 25.7. The Balaban J connectivity index is 1.18. The first-order valence-corrected chi connectivity index (χ1v) is 21.6. The summed E-state index contributed by atoms with van der Waals surface area (Å²) in [6.45, 7) is 2.63. The molecule has 0 bridgehead atoms. The summed E-state index contributed by atoms with van der Waals surface area (Å²) in [5.41, 5.74) is 2.75. The number of carbonyl (C=O) groups excluding carboxylic acids is 3. The first kappa shape index (κ1) is 52.7. The van der Waals surface area contributed by atoms with Gasteiger partial charge in [-0.15, -0.1) is 16.4 Å². The molecule has 0 saturated carbocycles. The lowest BCUT2D eigenvalue weighted by atomic mass is 10.1. The maximum Gasteiger partial charge on any atom is 0.326 e. The van der Waals surface area contributed by atoms with E-state index < -0.39 is 55.5 Å². The zero-order chi connectivity index (χ0) is 46.4. The van der Waals surface area contributed by atoms with Crippen LogP contribution in [0.1, 0.15) is 50.6 Å². The normalized spacial score (nSPS) is 12.0. The fourth-order valence-electron chi connectivity index (χ4n) is 5.61. The highest BCUT2D eigenvalue weighted by molar-refractivity contribution is 7.14. The third-order valence-corrected chi connectivity index (χ3v) is 9.65. The van der Waals surface area contributed by atoms with Crippen LogP contribution in [0.4, 0.5) is 15.2 Å². The second-order valence-corrected chi connectivity index (χ2v) is 14.9. The van der Waals surface area contributed by atoms with Gasteiger partial charge in [-0.05, 0) is 50.7 Å². The number of nitrogens with zero attached hydrogens (tertiary/aromatic N) is 4. The summed E-state index contributed by atoms with van der Waals surface area (Å²) < 4.78 is 35.6. The minimum absolute atomic E-state index is 0.0217. The number of carboxylic acid groups (broad SMARTS) is 3. The van der Waals surface area contributed by atoms with Gasteiger partial charge in [0.25, 0.3) is 0 Å². The van der Waals surface area contributed by atoms with Crippen molar-refractivity contribution in [2.24, 2.45) is 0 Å². The van der Waals surface area contributed by atoms with Crippen LogP contribution in [0.5, 0.6) is 0 Å². The Labute approximate surface area is 373 Å². The average Bonchev–Trinajstić information content (AvgIpc) is 3.93. The Morgan fingerprint density at radius 3 is 2.17 bits per heavy atom. The van der Waals surface area contributed by atoms with E-state index in [0.29, 0.717) is 107 Å². The summed E-state index contributed by atoms with van der Waals surface area (Å²) in [6, 6.07) is 4.82. The number of aromatic nitrogens is 4. The Hall–Kier alpha value is -5.66. The molecule has 354 valence electrons. The summed E-state index contributed by atoms with van der Waals surface area (Å²) in [6.07, 6.45) is 3.18. The van der Waals surface area contributed by atoms with Crippen LogP contribution in [0, 0.1) is 0 Å². The van der Waals surface area contributed by atoms with Gasteiger partial charge in [-0.25, -0.2) is 14.5 Å². The predicted molar refractivity (Wildman–Crippen MR) is 230 cm³/mol. The van der Waals surface area contributed by atoms with E-state index in [1.165, 1.54) is 16.0 Å². The van der Waals surface area contributed by atoms with Crippen molar-refractivity contribution in [2.75, 3.05) is 89.8 Å². The van der Waals surface area contributed by atoms with E-state index in [1.54, 1.807) is 12.3 Å². The van der Waals surface area contributed by atoms with E-state index in [1.807, 2.05) is 23.6 Å². The van der Waals surface area contributed by atoms with E-state index in [4.69, 9.17) is 24.1 Å². The van der Waals surface area contributed by atoms with Crippen molar-refractivity contribution in [3.05, 3.63) is 41.5 Å². The number of amides is 3. The molecule has 2 aromatic heterocycles. The molecule has 0 spiro atoms. The molecule has 64 heavy (non-hydrogen) atoms. The predicted octanol–water partition coefficient (Wildman–Crippen LogP) is 1.57. The maximum atomic E-state index is 12.5. The van der Waals surface area contributed by atoms with Gasteiger partial charge < -0.3 is 55.5 Å². The minimum atomic E-state index is -1.40. The molecule has 0 saturated heterocycles.